The lowest BCUT2D eigenvalue weighted by Crippen LogP contribution is -2.49. The Hall–Kier alpha value is -1.26. The lowest BCUT2D eigenvalue weighted by Gasteiger charge is -2.32. The van der Waals surface area contributed by atoms with Gasteiger partial charge in [0.15, 0.2) is 0 Å². The summed E-state index contributed by atoms with van der Waals surface area (Å²) in [7, 11) is -2.69. The van der Waals surface area contributed by atoms with E-state index in [1.807, 2.05) is 0 Å². The molecule has 3 rings (SSSR count). The molecule has 146 valence electrons. The maximum absolute atomic E-state index is 13.8. The van der Waals surface area contributed by atoms with Gasteiger partial charge in [0.1, 0.15) is 5.82 Å². The lowest BCUT2D eigenvalue weighted by molar-refractivity contribution is 0.0600. The Labute approximate surface area is 158 Å². The fraction of sp³-hybridized carbons (Fsp3) is 0.562. The number of esters is 1. The number of piperazine rings is 1. The highest BCUT2D eigenvalue weighted by Gasteiger charge is 2.36. The number of methoxy groups -OCH3 is 1. The molecular weight excluding hydrogens is 385 g/mol. The fourth-order valence-electron chi connectivity index (χ4n) is 3.37. The van der Waals surface area contributed by atoms with Crippen LogP contribution in [0, 0.1) is 5.82 Å². The first-order valence-electron chi connectivity index (χ1n) is 8.25. The van der Waals surface area contributed by atoms with E-state index in [4.69, 9.17) is 0 Å². The van der Waals surface area contributed by atoms with Gasteiger partial charge in [-0.05, 0) is 24.6 Å². The topological polar surface area (TPSA) is 79.0 Å². The highest BCUT2D eigenvalue weighted by Crippen LogP contribution is 2.25. The van der Waals surface area contributed by atoms with E-state index in [-0.39, 0.29) is 28.9 Å². The Bertz CT molecular complexity index is 756. The molecular formula is C16H23ClFN3O4S. The number of hydrogen-bond acceptors (Lipinski definition) is 6. The fourth-order valence-corrected chi connectivity index (χ4v) is 4.92. The van der Waals surface area contributed by atoms with Gasteiger partial charge in [0.05, 0.1) is 17.6 Å². The Morgan fingerprint density at radius 2 is 1.92 bits per heavy atom. The highest BCUT2D eigenvalue weighted by atomic mass is 35.5. The van der Waals surface area contributed by atoms with Crippen molar-refractivity contribution < 1.29 is 22.3 Å². The van der Waals surface area contributed by atoms with E-state index in [1.54, 1.807) is 0 Å². The standard InChI is InChI=1S/C16H22FN3O4S.ClH/c1-24-16(21)12-8-13(17)10-15(9-12)25(22,23)20-5-2-14(11-20)19-6-3-18-4-7-19;/h8-10,14,18H,2-7,11H2,1H3;1H. The van der Waals surface area contributed by atoms with E-state index in [9.17, 15) is 17.6 Å². The van der Waals surface area contributed by atoms with Gasteiger partial charge in [-0.1, -0.05) is 0 Å². The van der Waals surface area contributed by atoms with Gasteiger partial charge in [0.2, 0.25) is 10.0 Å². The number of benzene rings is 1. The number of nitrogens with zero attached hydrogens (tertiary/aromatic N) is 2. The van der Waals surface area contributed by atoms with E-state index in [0.717, 1.165) is 44.7 Å². The monoisotopic (exact) mass is 407 g/mol. The molecule has 2 saturated heterocycles. The van der Waals surface area contributed by atoms with Crippen LogP contribution >= 0.6 is 12.4 Å². The molecule has 1 aromatic rings. The van der Waals surface area contributed by atoms with Crippen LogP contribution in [0.2, 0.25) is 0 Å². The Balaban J connectivity index is 0.00000243. The summed E-state index contributed by atoms with van der Waals surface area (Å²) in [4.78, 5) is 13.7. The van der Waals surface area contributed by atoms with Crippen LogP contribution in [0.3, 0.4) is 0 Å². The Morgan fingerprint density at radius 1 is 1.23 bits per heavy atom. The molecule has 0 aliphatic carbocycles. The number of carbonyl (C=O) groups is 1. The maximum atomic E-state index is 13.8. The highest BCUT2D eigenvalue weighted by molar-refractivity contribution is 7.89. The van der Waals surface area contributed by atoms with Crippen molar-refractivity contribution in [3.8, 4) is 0 Å². The smallest absolute Gasteiger partial charge is 0.337 e. The molecule has 2 fully saturated rings. The number of hydrogen-bond donors (Lipinski definition) is 1. The number of rotatable bonds is 4. The first kappa shape index (κ1) is 21.0. The second kappa shape index (κ2) is 8.62. The van der Waals surface area contributed by atoms with Gasteiger partial charge in [-0.15, -0.1) is 12.4 Å². The molecule has 2 heterocycles. The number of nitrogens with one attached hydrogen (secondary N) is 1. The van der Waals surface area contributed by atoms with Gasteiger partial charge in [0.25, 0.3) is 0 Å². The Morgan fingerprint density at radius 3 is 2.58 bits per heavy atom. The summed E-state index contributed by atoms with van der Waals surface area (Å²) in [5, 5.41) is 3.28. The third kappa shape index (κ3) is 4.34. The third-order valence-electron chi connectivity index (χ3n) is 4.72. The van der Waals surface area contributed by atoms with Crippen LogP contribution in [0.4, 0.5) is 4.39 Å². The van der Waals surface area contributed by atoms with Crippen molar-refractivity contribution in [3.05, 3.63) is 29.6 Å². The van der Waals surface area contributed by atoms with Gasteiger partial charge in [-0.2, -0.15) is 4.31 Å². The van der Waals surface area contributed by atoms with E-state index in [2.05, 4.69) is 15.0 Å². The number of carbonyl (C=O) groups excluding carboxylic acids is 1. The van der Waals surface area contributed by atoms with Crippen LogP contribution in [0.1, 0.15) is 16.8 Å². The van der Waals surface area contributed by atoms with Gasteiger partial charge >= 0.3 is 5.97 Å². The first-order valence-corrected chi connectivity index (χ1v) is 9.69. The molecule has 10 heteroatoms. The van der Waals surface area contributed by atoms with Gasteiger partial charge in [-0.25, -0.2) is 17.6 Å². The molecule has 26 heavy (non-hydrogen) atoms. The first-order chi connectivity index (χ1) is 11.9. The molecule has 1 N–H and O–H groups in total. The Kier molecular flexibility index (Phi) is 6.98. The van der Waals surface area contributed by atoms with Crippen LogP contribution in [-0.4, -0.2) is 76.0 Å². The number of halogens is 2. The molecule has 1 atom stereocenters. The summed E-state index contributed by atoms with van der Waals surface area (Å²) >= 11 is 0. The summed E-state index contributed by atoms with van der Waals surface area (Å²) in [6.07, 6.45) is 0.748. The van der Waals surface area contributed by atoms with E-state index in [0.29, 0.717) is 13.1 Å². The molecule has 0 radical (unpaired) electrons. The summed E-state index contributed by atoms with van der Waals surface area (Å²) < 4.78 is 45.4. The predicted octanol–water partition coefficient (Wildman–Crippen LogP) is 0.702. The van der Waals surface area contributed by atoms with Crippen molar-refractivity contribution in [1.82, 2.24) is 14.5 Å². The number of ether oxygens (including phenoxy) is 1. The molecule has 0 amide bonds. The summed E-state index contributed by atoms with van der Waals surface area (Å²) in [5.41, 5.74) is -0.112. The van der Waals surface area contributed by atoms with Crippen molar-refractivity contribution in [2.75, 3.05) is 46.4 Å². The van der Waals surface area contributed by atoms with Gasteiger partial charge in [0, 0.05) is 45.3 Å². The van der Waals surface area contributed by atoms with Crippen LogP contribution in [0.5, 0.6) is 0 Å². The second-order valence-corrected chi connectivity index (χ2v) is 8.20. The molecule has 1 aromatic carbocycles. The average molecular weight is 408 g/mol. The summed E-state index contributed by atoms with van der Waals surface area (Å²) in [6.45, 7) is 4.36. The number of sulfonamides is 1. The molecule has 7 nitrogen and oxygen atoms in total. The normalized spacial score (nSPS) is 22.0. The molecule has 0 bridgehead atoms. The molecule has 2 aliphatic heterocycles. The molecule has 1 unspecified atom stereocenters. The SMILES string of the molecule is COC(=O)c1cc(F)cc(S(=O)(=O)N2CCC(N3CCNCC3)C2)c1.Cl. The van der Waals surface area contributed by atoms with Crippen LogP contribution < -0.4 is 5.32 Å². The summed E-state index contributed by atoms with van der Waals surface area (Å²) in [5.74, 6) is -1.55. The predicted molar refractivity (Wildman–Crippen MR) is 96.6 cm³/mol. The van der Waals surface area contributed by atoms with Gasteiger partial charge in [-0.3, -0.25) is 4.90 Å². The minimum absolute atomic E-state index is 0. The zero-order valence-corrected chi connectivity index (χ0v) is 16.1. The van der Waals surface area contributed by atoms with E-state index < -0.39 is 21.8 Å². The average Bonchev–Trinajstić information content (AvgIpc) is 3.12. The minimum Gasteiger partial charge on any atom is -0.465 e. The molecule has 0 spiro atoms. The molecule has 0 saturated carbocycles. The van der Waals surface area contributed by atoms with Gasteiger partial charge < -0.3 is 10.1 Å². The zero-order chi connectivity index (χ0) is 18.0. The van der Waals surface area contributed by atoms with Crippen molar-refractivity contribution in [2.24, 2.45) is 0 Å². The van der Waals surface area contributed by atoms with E-state index >= 15 is 0 Å². The van der Waals surface area contributed by atoms with Crippen LogP contribution in [0.25, 0.3) is 0 Å². The minimum atomic E-state index is -3.85. The summed E-state index contributed by atoms with van der Waals surface area (Å²) in [6, 6.07) is 3.26. The third-order valence-corrected chi connectivity index (χ3v) is 6.57. The van der Waals surface area contributed by atoms with Crippen molar-refractivity contribution >= 4 is 28.4 Å². The quantitative estimate of drug-likeness (QED) is 0.740. The molecule has 0 aromatic heterocycles. The molecule has 2 aliphatic rings. The lowest BCUT2D eigenvalue weighted by atomic mass is 10.2. The second-order valence-electron chi connectivity index (χ2n) is 6.26. The zero-order valence-electron chi connectivity index (χ0n) is 14.5. The van der Waals surface area contributed by atoms with Crippen LogP contribution in [-0.2, 0) is 14.8 Å². The maximum Gasteiger partial charge on any atom is 0.337 e. The van der Waals surface area contributed by atoms with Crippen LogP contribution in [0.15, 0.2) is 23.1 Å². The van der Waals surface area contributed by atoms with E-state index in [1.165, 1.54) is 17.5 Å². The van der Waals surface area contributed by atoms with Crippen molar-refractivity contribution in [2.45, 2.75) is 17.4 Å². The van der Waals surface area contributed by atoms with Crippen molar-refractivity contribution in [3.63, 3.8) is 0 Å². The van der Waals surface area contributed by atoms with Crippen molar-refractivity contribution in [1.29, 1.82) is 0 Å². The largest absolute Gasteiger partial charge is 0.465 e.